The van der Waals surface area contributed by atoms with Crippen LogP contribution in [0.25, 0.3) is 11.6 Å². The van der Waals surface area contributed by atoms with E-state index in [-0.39, 0.29) is 61.7 Å². The van der Waals surface area contributed by atoms with Crippen molar-refractivity contribution in [2.75, 3.05) is 35.0 Å². The summed E-state index contributed by atoms with van der Waals surface area (Å²) in [6.07, 6.45) is 1.89. The van der Waals surface area contributed by atoms with E-state index in [0.717, 1.165) is 5.56 Å². The summed E-state index contributed by atoms with van der Waals surface area (Å²) in [7, 11) is 5.88. The molecule has 52 heavy (non-hydrogen) atoms. The Morgan fingerprint density at radius 2 is 1.48 bits per heavy atom. The molecule has 7 rings (SSSR count). The van der Waals surface area contributed by atoms with Crippen LogP contribution in [-0.4, -0.2) is 68.1 Å². The molecule has 15 heteroatoms. The minimum atomic E-state index is -1.58. The number of hydrogen-bond donors (Lipinski definition) is 3. The SMILES string of the molecule is COC(=O)c1c(C)c2c(c(C)c1O)OC(=O)c1c(C)c(Cl)c(O)c(Cl)c1O2.COc1ccc2c(c1)OC1(O)COc3cc(OC)c(OC)cc3C1=C2. The first-order valence-corrected chi connectivity index (χ1v) is 16.2. The van der Waals surface area contributed by atoms with Gasteiger partial charge in [0.25, 0.3) is 5.79 Å². The van der Waals surface area contributed by atoms with Gasteiger partial charge in [0.15, 0.2) is 41.1 Å². The van der Waals surface area contributed by atoms with Crippen LogP contribution >= 0.6 is 23.2 Å². The highest BCUT2D eigenvalue weighted by Gasteiger charge is 2.44. The molecule has 0 amide bonds. The molecule has 3 N–H and O–H groups in total. The molecule has 3 heterocycles. The fraction of sp³-hybridized carbons (Fsp3) is 0.243. The number of aliphatic hydroxyl groups is 1. The summed E-state index contributed by atoms with van der Waals surface area (Å²) < 4.78 is 43.4. The van der Waals surface area contributed by atoms with Crippen molar-refractivity contribution in [3.8, 4) is 57.5 Å². The van der Waals surface area contributed by atoms with E-state index in [9.17, 15) is 24.9 Å². The van der Waals surface area contributed by atoms with Crippen molar-refractivity contribution in [3.05, 3.63) is 79.3 Å². The smallest absolute Gasteiger partial charge is 0.347 e. The largest absolute Gasteiger partial charge is 0.507 e. The van der Waals surface area contributed by atoms with Gasteiger partial charge in [-0.3, -0.25) is 0 Å². The zero-order valence-electron chi connectivity index (χ0n) is 28.9. The van der Waals surface area contributed by atoms with Gasteiger partial charge >= 0.3 is 11.9 Å². The average Bonchev–Trinajstić information content (AvgIpc) is 3.30. The maximum atomic E-state index is 12.7. The van der Waals surface area contributed by atoms with Gasteiger partial charge in [0, 0.05) is 40.0 Å². The molecule has 0 radical (unpaired) electrons. The number of halogens is 2. The van der Waals surface area contributed by atoms with Crippen LogP contribution in [0.2, 0.25) is 10.0 Å². The van der Waals surface area contributed by atoms with E-state index >= 15 is 0 Å². The summed E-state index contributed by atoms with van der Waals surface area (Å²) in [5, 5.41) is 31.1. The van der Waals surface area contributed by atoms with Crippen LogP contribution in [0.1, 0.15) is 48.5 Å². The molecule has 3 aliphatic rings. The summed E-state index contributed by atoms with van der Waals surface area (Å²) in [5.74, 6) is -1.40. The second-order valence-electron chi connectivity index (χ2n) is 11.8. The Balaban J connectivity index is 0.000000179. The number of hydrogen-bond acceptors (Lipinski definition) is 13. The number of phenolic OH excluding ortho intramolecular Hbond substituents is 2. The van der Waals surface area contributed by atoms with Gasteiger partial charge < -0.3 is 53.2 Å². The van der Waals surface area contributed by atoms with Crippen LogP contribution in [0.5, 0.6) is 57.5 Å². The molecule has 0 fully saturated rings. The molecule has 0 spiro atoms. The molecule has 0 aliphatic carbocycles. The third-order valence-electron chi connectivity index (χ3n) is 8.81. The van der Waals surface area contributed by atoms with Crippen molar-refractivity contribution in [3.63, 3.8) is 0 Å². The van der Waals surface area contributed by atoms with Crippen molar-refractivity contribution in [2.45, 2.75) is 26.6 Å². The Kier molecular flexibility index (Phi) is 9.47. The van der Waals surface area contributed by atoms with Gasteiger partial charge in [-0.1, -0.05) is 23.2 Å². The molecule has 4 aromatic carbocycles. The first-order chi connectivity index (χ1) is 24.7. The molecule has 0 saturated carbocycles. The Bertz CT molecular complexity index is 2210. The first kappa shape index (κ1) is 36.3. The predicted molar refractivity (Wildman–Crippen MR) is 188 cm³/mol. The lowest BCUT2D eigenvalue weighted by Crippen LogP contribution is -2.47. The molecule has 0 aromatic heterocycles. The number of phenols is 2. The Morgan fingerprint density at radius 1 is 0.808 bits per heavy atom. The second kappa shape index (κ2) is 13.6. The van der Waals surface area contributed by atoms with E-state index in [4.69, 9.17) is 61.1 Å². The van der Waals surface area contributed by atoms with E-state index in [1.165, 1.54) is 27.9 Å². The van der Waals surface area contributed by atoms with Crippen molar-refractivity contribution in [2.24, 2.45) is 0 Å². The number of fused-ring (bicyclic) bond motifs is 6. The van der Waals surface area contributed by atoms with Crippen molar-refractivity contribution in [1.82, 2.24) is 0 Å². The van der Waals surface area contributed by atoms with Crippen LogP contribution < -0.4 is 33.2 Å². The molecule has 1 atom stereocenters. The fourth-order valence-electron chi connectivity index (χ4n) is 6.00. The maximum Gasteiger partial charge on any atom is 0.347 e. The summed E-state index contributed by atoms with van der Waals surface area (Å²) in [6, 6.07) is 9.00. The number of ether oxygens (including phenoxy) is 8. The number of rotatable bonds is 4. The van der Waals surface area contributed by atoms with E-state index in [0.29, 0.717) is 39.9 Å². The molecule has 0 saturated heterocycles. The molecule has 3 aliphatic heterocycles. The average molecular weight is 756 g/mol. The normalized spacial score (nSPS) is 16.1. The molecular formula is C37H32Cl2O13. The Hall–Kier alpha value is -5.50. The molecule has 1 unspecified atom stereocenters. The predicted octanol–water partition coefficient (Wildman–Crippen LogP) is 7.17. The van der Waals surface area contributed by atoms with Gasteiger partial charge in [-0.2, -0.15) is 0 Å². The monoisotopic (exact) mass is 754 g/mol. The number of methoxy groups -OCH3 is 4. The third-order valence-corrected chi connectivity index (χ3v) is 9.63. The highest BCUT2D eigenvalue weighted by atomic mass is 35.5. The summed E-state index contributed by atoms with van der Waals surface area (Å²) in [6.45, 7) is 4.40. The first-order valence-electron chi connectivity index (χ1n) is 15.4. The van der Waals surface area contributed by atoms with Crippen molar-refractivity contribution >= 4 is 46.8 Å². The minimum Gasteiger partial charge on any atom is -0.507 e. The van der Waals surface area contributed by atoms with Crippen molar-refractivity contribution < 1.29 is 62.8 Å². The van der Waals surface area contributed by atoms with Gasteiger partial charge in [0.1, 0.15) is 39.1 Å². The second-order valence-corrected chi connectivity index (χ2v) is 12.5. The summed E-state index contributed by atoms with van der Waals surface area (Å²) in [5.41, 5.74) is 2.43. The lowest BCUT2D eigenvalue weighted by Gasteiger charge is -2.39. The summed E-state index contributed by atoms with van der Waals surface area (Å²) in [4.78, 5) is 24.8. The molecule has 0 bridgehead atoms. The number of carbonyl (C=O) groups excluding carboxylic acids is 2. The highest BCUT2D eigenvalue weighted by Crippen LogP contribution is 2.53. The fourth-order valence-corrected chi connectivity index (χ4v) is 6.46. The lowest BCUT2D eigenvalue weighted by molar-refractivity contribution is -0.116. The van der Waals surface area contributed by atoms with Crippen LogP contribution in [0.3, 0.4) is 0 Å². The van der Waals surface area contributed by atoms with Crippen LogP contribution in [0.15, 0.2) is 30.3 Å². The number of aromatic hydroxyl groups is 2. The van der Waals surface area contributed by atoms with E-state index < -0.39 is 29.2 Å². The van der Waals surface area contributed by atoms with Crippen LogP contribution in [-0.2, 0) is 4.74 Å². The van der Waals surface area contributed by atoms with E-state index in [1.807, 2.05) is 18.2 Å². The Labute approximate surface area is 307 Å². The standard InChI is InChI=1S/C19H18O6.C18H14Cl2O7/c1-21-12-5-4-11-6-14-13-8-17(22-2)18(23-3)9-16(13)24-10-19(14,20)25-15(11)7-12;1-5-9-16(11(20)13(22)10(5)19)26-14-6(2)8(17(23)25-4)12(21)7(3)15(14)27-18(9)24/h4-9,20H,10H2,1-3H3;21-22H,1-4H3. The van der Waals surface area contributed by atoms with Crippen LogP contribution in [0, 0.1) is 20.8 Å². The lowest BCUT2D eigenvalue weighted by atomic mass is 9.90. The highest BCUT2D eigenvalue weighted by molar-refractivity contribution is 6.39. The quantitative estimate of drug-likeness (QED) is 0.142. The topological polar surface area (TPSA) is 169 Å². The number of benzene rings is 4. The molecule has 4 aromatic rings. The van der Waals surface area contributed by atoms with Gasteiger partial charge in [0.2, 0.25) is 0 Å². The Morgan fingerprint density at radius 3 is 2.13 bits per heavy atom. The number of carbonyl (C=O) groups is 2. The number of esters is 2. The van der Waals surface area contributed by atoms with Gasteiger partial charge in [-0.25, -0.2) is 9.59 Å². The maximum absolute atomic E-state index is 12.7. The van der Waals surface area contributed by atoms with Gasteiger partial charge in [-0.15, -0.1) is 0 Å². The molecule has 272 valence electrons. The van der Waals surface area contributed by atoms with Crippen molar-refractivity contribution in [1.29, 1.82) is 0 Å². The van der Waals surface area contributed by atoms with E-state index in [2.05, 4.69) is 0 Å². The zero-order chi connectivity index (χ0) is 37.8. The molecular weight excluding hydrogens is 723 g/mol. The minimum absolute atomic E-state index is 0.0131. The van der Waals surface area contributed by atoms with Crippen LogP contribution in [0.4, 0.5) is 0 Å². The van der Waals surface area contributed by atoms with E-state index in [1.54, 1.807) is 39.5 Å². The van der Waals surface area contributed by atoms with Gasteiger partial charge in [0.05, 0.1) is 33.5 Å². The van der Waals surface area contributed by atoms with Gasteiger partial charge in [-0.05, 0) is 50.6 Å². The molecule has 13 nitrogen and oxygen atoms in total. The third kappa shape index (κ3) is 5.80. The zero-order valence-corrected chi connectivity index (χ0v) is 30.4. The summed E-state index contributed by atoms with van der Waals surface area (Å²) >= 11 is 12.2.